The maximum atomic E-state index is 13.8. The molecule has 0 saturated heterocycles. The van der Waals surface area contributed by atoms with Gasteiger partial charge in [0.05, 0.1) is 11.3 Å². The molecule has 0 spiro atoms. The highest BCUT2D eigenvalue weighted by Gasteiger charge is 2.44. The molecule has 4 aromatic rings. The number of hydrogen-bond acceptors (Lipinski definition) is 2. The Morgan fingerprint density at radius 3 is 2.21 bits per heavy atom. The van der Waals surface area contributed by atoms with Crippen molar-refractivity contribution in [1.82, 2.24) is 9.88 Å². The van der Waals surface area contributed by atoms with Crippen molar-refractivity contribution < 1.29 is 26.7 Å². The van der Waals surface area contributed by atoms with E-state index in [9.17, 15) is 26.7 Å². The minimum absolute atomic E-state index is 0.0183. The lowest BCUT2D eigenvalue weighted by Gasteiger charge is -2.42. The molecular formula is C29H24F5N3O. The molecule has 0 saturated carbocycles. The third kappa shape index (κ3) is 5.51. The molecule has 0 fully saturated rings. The van der Waals surface area contributed by atoms with Crippen molar-refractivity contribution >= 4 is 11.7 Å². The van der Waals surface area contributed by atoms with Crippen LogP contribution in [0.1, 0.15) is 27.9 Å². The Labute approximate surface area is 216 Å². The number of urea groups is 1. The van der Waals surface area contributed by atoms with E-state index in [2.05, 4.69) is 10.3 Å². The first kappa shape index (κ1) is 26.8. The average molecular weight is 526 g/mol. The Bertz CT molecular complexity index is 1420. The number of anilines is 1. The minimum atomic E-state index is -4.62. The third-order valence-electron chi connectivity index (χ3n) is 6.35. The maximum absolute atomic E-state index is 13.8. The van der Waals surface area contributed by atoms with E-state index in [1.807, 2.05) is 6.92 Å². The summed E-state index contributed by atoms with van der Waals surface area (Å²) in [6.45, 7) is 1.82. The van der Waals surface area contributed by atoms with E-state index in [0.717, 1.165) is 35.4 Å². The molecule has 1 aromatic heterocycles. The van der Waals surface area contributed by atoms with Gasteiger partial charge in [0.25, 0.3) is 0 Å². The molecule has 38 heavy (non-hydrogen) atoms. The first-order valence-electron chi connectivity index (χ1n) is 11.7. The maximum Gasteiger partial charge on any atom is 0.416 e. The number of halogens is 5. The van der Waals surface area contributed by atoms with Crippen molar-refractivity contribution in [2.75, 3.05) is 12.4 Å². The van der Waals surface area contributed by atoms with E-state index < -0.39 is 34.9 Å². The second-order valence-electron chi connectivity index (χ2n) is 8.94. The molecule has 4 rings (SSSR count). The van der Waals surface area contributed by atoms with Gasteiger partial charge in [-0.25, -0.2) is 13.6 Å². The lowest BCUT2D eigenvalue weighted by atomic mass is 9.78. The quantitative estimate of drug-likeness (QED) is 0.268. The molecule has 4 nitrogen and oxygen atoms in total. The highest BCUT2D eigenvalue weighted by Crippen LogP contribution is 2.40. The second kappa shape index (κ2) is 10.6. The SMILES string of the molecule is Cc1ccc(C(Cc2ccccc2)(c2cccc(C(F)(F)F)c2)N(C)C(=O)Nc2ccc(F)c(F)c2)nc1. The van der Waals surface area contributed by atoms with Crippen molar-refractivity contribution in [3.63, 3.8) is 0 Å². The van der Waals surface area contributed by atoms with Crippen molar-refractivity contribution in [2.24, 2.45) is 0 Å². The number of nitrogens with one attached hydrogen (secondary N) is 1. The van der Waals surface area contributed by atoms with Crippen LogP contribution >= 0.6 is 0 Å². The Morgan fingerprint density at radius 1 is 0.868 bits per heavy atom. The standard InChI is InChI=1S/C29H24F5N3O/c1-19-11-14-26(35-18-19)28(17-20-7-4-3-5-8-20,21-9-6-10-22(15-21)29(32,33)34)37(2)27(38)36-23-12-13-24(30)25(31)16-23/h3-16,18H,17H2,1-2H3,(H,36,38). The van der Waals surface area contributed by atoms with Gasteiger partial charge in [0, 0.05) is 31.4 Å². The van der Waals surface area contributed by atoms with E-state index in [1.165, 1.54) is 30.1 Å². The van der Waals surface area contributed by atoms with Gasteiger partial charge >= 0.3 is 12.2 Å². The van der Waals surface area contributed by atoms with Crippen LogP contribution < -0.4 is 5.32 Å². The molecule has 0 aliphatic heterocycles. The van der Waals surface area contributed by atoms with E-state index in [0.29, 0.717) is 5.69 Å². The Morgan fingerprint density at radius 2 is 1.58 bits per heavy atom. The van der Waals surface area contributed by atoms with Crippen LogP contribution in [-0.2, 0) is 18.1 Å². The van der Waals surface area contributed by atoms with Gasteiger partial charge in [-0.15, -0.1) is 0 Å². The zero-order chi connectivity index (χ0) is 27.5. The number of benzene rings is 3. The molecule has 0 radical (unpaired) electrons. The van der Waals surface area contributed by atoms with Crippen LogP contribution in [0.5, 0.6) is 0 Å². The lowest BCUT2D eigenvalue weighted by molar-refractivity contribution is -0.137. The van der Waals surface area contributed by atoms with Crippen LogP contribution in [0, 0.1) is 18.6 Å². The van der Waals surface area contributed by atoms with Gasteiger partial charge in [-0.3, -0.25) is 4.98 Å². The Kier molecular flexibility index (Phi) is 7.48. The number of aromatic nitrogens is 1. The summed E-state index contributed by atoms with van der Waals surface area (Å²) in [4.78, 5) is 19.4. The number of nitrogens with zero attached hydrogens (tertiary/aromatic N) is 2. The molecule has 3 aromatic carbocycles. The zero-order valence-electron chi connectivity index (χ0n) is 20.6. The Hall–Kier alpha value is -4.27. The van der Waals surface area contributed by atoms with Crippen LogP contribution in [0.4, 0.5) is 32.4 Å². The first-order chi connectivity index (χ1) is 18.0. The monoisotopic (exact) mass is 525 g/mol. The van der Waals surface area contributed by atoms with Crippen molar-refractivity contribution in [3.05, 3.63) is 131 Å². The Balaban J connectivity index is 1.92. The molecule has 9 heteroatoms. The highest BCUT2D eigenvalue weighted by atomic mass is 19.4. The average Bonchev–Trinajstić information content (AvgIpc) is 2.90. The fraction of sp³-hybridized carbons (Fsp3) is 0.172. The summed E-state index contributed by atoms with van der Waals surface area (Å²) in [6.07, 6.45) is -2.97. The third-order valence-corrected chi connectivity index (χ3v) is 6.35. The molecule has 0 aliphatic carbocycles. The first-order valence-corrected chi connectivity index (χ1v) is 11.7. The largest absolute Gasteiger partial charge is 0.416 e. The summed E-state index contributed by atoms with van der Waals surface area (Å²) in [6, 6.07) is 19.3. The molecule has 1 heterocycles. The molecule has 0 bridgehead atoms. The number of amides is 2. The number of alkyl halides is 3. The number of carbonyl (C=O) groups excluding carboxylic acids is 1. The molecule has 2 amide bonds. The number of carbonyl (C=O) groups is 1. The molecule has 1 N–H and O–H groups in total. The smallest absolute Gasteiger partial charge is 0.312 e. The van der Waals surface area contributed by atoms with Crippen LogP contribution in [0.3, 0.4) is 0 Å². The predicted octanol–water partition coefficient (Wildman–Crippen LogP) is 7.34. The summed E-state index contributed by atoms with van der Waals surface area (Å²) in [5, 5.41) is 2.53. The van der Waals surface area contributed by atoms with E-state index in [1.54, 1.807) is 48.7 Å². The van der Waals surface area contributed by atoms with Crippen LogP contribution in [-0.4, -0.2) is 23.0 Å². The molecule has 1 atom stereocenters. The fourth-order valence-electron chi connectivity index (χ4n) is 4.34. The van der Waals surface area contributed by atoms with Gasteiger partial charge in [-0.2, -0.15) is 13.2 Å². The van der Waals surface area contributed by atoms with E-state index in [-0.39, 0.29) is 17.7 Å². The number of rotatable bonds is 6. The normalized spacial score (nSPS) is 13.0. The fourth-order valence-corrected chi connectivity index (χ4v) is 4.34. The van der Waals surface area contributed by atoms with Gasteiger partial charge in [-0.05, 0) is 53.9 Å². The molecule has 1 unspecified atom stereocenters. The van der Waals surface area contributed by atoms with Crippen molar-refractivity contribution in [2.45, 2.75) is 25.1 Å². The number of pyridine rings is 1. The van der Waals surface area contributed by atoms with Gasteiger partial charge in [0.15, 0.2) is 11.6 Å². The second-order valence-corrected chi connectivity index (χ2v) is 8.94. The minimum Gasteiger partial charge on any atom is -0.312 e. The molecule has 196 valence electrons. The van der Waals surface area contributed by atoms with Crippen LogP contribution in [0.15, 0.2) is 91.1 Å². The summed E-state index contributed by atoms with van der Waals surface area (Å²) in [5.41, 5.74) is -0.354. The highest BCUT2D eigenvalue weighted by molar-refractivity contribution is 5.90. The van der Waals surface area contributed by atoms with Crippen molar-refractivity contribution in [1.29, 1.82) is 0 Å². The van der Waals surface area contributed by atoms with Crippen molar-refractivity contribution in [3.8, 4) is 0 Å². The van der Waals surface area contributed by atoms with E-state index in [4.69, 9.17) is 0 Å². The van der Waals surface area contributed by atoms with Gasteiger partial charge in [-0.1, -0.05) is 48.5 Å². The number of hydrogen-bond donors (Lipinski definition) is 1. The lowest BCUT2D eigenvalue weighted by Crippen LogP contribution is -2.51. The zero-order valence-corrected chi connectivity index (χ0v) is 20.6. The molecular weight excluding hydrogens is 501 g/mol. The number of aryl methyl sites for hydroxylation is 1. The predicted molar refractivity (Wildman–Crippen MR) is 134 cm³/mol. The molecule has 0 aliphatic rings. The topological polar surface area (TPSA) is 45.2 Å². The van der Waals surface area contributed by atoms with Crippen LogP contribution in [0.2, 0.25) is 0 Å². The summed E-state index contributed by atoms with van der Waals surface area (Å²) >= 11 is 0. The van der Waals surface area contributed by atoms with Crippen LogP contribution in [0.25, 0.3) is 0 Å². The summed E-state index contributed by atoms with van der Waals surface area (Å²) < 4.78 is 68.6. The van der Waals surface area contributed by atoms with Gasteiger partial charge in [0.2, 0.25) is 0 Å². The van der Waals surface area contributed by atoms with Gasteiger partial charge < -0.3 is 10.2 Å². The summed E-state index contributed by atoms with van der Waals surface area (Å²) in [7, 11) is 1.43. The van der Waals surface area contributed by atoms with E-state index >= 15 is 0 Å². The van der Waals surface area contributed by atoms with Gasteiger partial charge in [0.1, 0.15) is 5.54 Å². The number of likely N-dealkylation sites (N-methyl/N-ethyl adjacent to an activating group) is 1. The summed E-state index contributed by atoms with van der Waals surface area (Å²) in [5.74, 6) is -2.23.